The standard InChI is InChI=1S/C19H14Cl2O3/c20-15-9-3-7-13(18(15)21)11-17(19(22)23)24-16-10-4-6-12-5-1-2-8-14(12)16/h1-10,17H,11H2,(H,22,23). The van der Waals surface area contributed by atoms with Gasteiger partial charge in [0.25, 0.3) is 0 Å². The third kappa shape index (κ3) is 3.48. The van der Waals surface area contributed by atoms with E-state index < -0.39 is 12.1 Å². The van der Waals surface area contributed by atoms with E-state index in [4.69, 9.17) is 27.9 Å². The third-order valence-electron chi connectivity index (χ3n) is 3.73. The van der Waals surface area contributed by atoms with Crippen LogP contribution in [0.4, 0.5) is 0 Å². The van der Waals surface area contributed by atoms with Crippen LogP contribution in [0, 0.1) is 0 Å². The monoisotopic (exact) mass is 360 g/mol. The molecule has 5 heteroatoms. The molecule has 0 radical (unpaired) electrons. The molecule has 0 saturated carbocycles. The Labute approximate surface area is 149 Å². The Morgan fingerprint density at radius 3 is 2.50 bits per heavy atom. The van der Waals surface area contributed by atoms with Gasteiger partial charge in [0.05, 0.1) is 10.0 Å². The highest BCUT2D eigenvalue weighted by atomic mass is 35.5. The molecule has 1 unspecified atom stereocenters. The molecule has 0 aliphatic heterocycles. The van der Waals surface area contributed by atoms with E-state index in [1.165, 1.54) is 0 Å². The number of rotatable bonds is 5. The topological polar surface area (TPSA) is 46.5 Å². The molecule has 24 heavy (non-hydrogen) atoms. The molecule has 1 atom stereocenters. The number of hydrogen-bond donors (Lipinski definition) is 1. The molecule has 0 heterocycles. The second kappa shape index (κ2) is 7.12. The van der Waals surface area contributed by atoms with Gasteiger partial charge in [0, 0.05) is 11.8 Å². The average molecular weight is 361 g/mol. The summed E-state index contributed by atoms with van der Waals surface area (Å²) in [5.74, 6) is -0.530. The first kappa shape index (κ1) is 16.6. The van der Waals surface area contributed by atoms with E-state index in [9.17, 15) is 9.90 Å². The van der Waals surface area contributed by atoms with E-state index in [2.05, 4.69) is 0 Å². The average Bonchev–Trinajstić information content (AvgIpc) is 2.58. The van der Waals surface area contributed by atoms with E-state index >= 15 is 0 Å². The summed E-state index contributed by atoms with van der Waals surface area (Å²) in [4.78, 5) is 11.6. The van der Waals surface area contributed by atoms with Crippen LogP contribution in [0.5, 0.6) is 5.75 Å². The molecule has 0 aliphatic carbocycles. The van der Waals surface area contributed by atoms with Crippen LogP contribution in [0.1, 0.15) is 5.56 Å². The van der Waals surface area contributed by atoms with Gasteiger partial charge >= 0.3 is 5.97 Å². The number of carbonyl (C=O) groups is 1. The molecule has 3 nitrogen and oxygen atoms in total. The zero-order chi connectivity index (χ0) is 17.1. The minimum absolute atomic E-state index is 0.123. The van der Waals surface area contributed by atoms with Crippen LogP contribution in [0.3, 0.4) is 0 Å². The van der Waals surface area contributed by atoms with Gasteiger partial charge in [0.2, 0.25) is 0 Å². The molecule has 0 saturated heterocycles. The van der Waals surface area contributed by atoms with Crippen molar-refractivity contribution >= 4 is 39.9 Å². The van der Waals surface area contributed by atoms with E-state index in [0.29, 0.717) is 21.4 Å². The Morgan fingerprint density at radius 1 is 1.00 bits per heavy atom. The largest absolute Gasteiger partial charge is 0.478 e. The Balaban J connectivity index is 1.92. The fourth-order valence-corrected chi connectivity index (χ4v) is 2.93. The number of carboxylic acids is 1. The van der Waals surface area contributed by atoms with Gasteiger partial charge in [-0.1, -0.05) is 71.7 Å². The van der Waals surface area contributed by atoms with Crippen molar-refractivity contribution in [2.75, 3.05) is 0 Å². The highest BCUT2D eigenvalue weighted by Gasteiger charge is 2.22. The SMILES string of the molecule is O=C(O)C(Cc1cccc(Cl)c1Cl)Oc1cccc2ccccc12. The lowest BCUT2D eigenvalue weighted by atomic mass is 10.1. The summed E-state index contributed by atoms with van der Waals surface area (Å²) in [6.45, 7) is 0. The number of benzene rings is 3. The molecule has 0 spiro atoms. The number of ether oxygens (including phenoxy) is 1. The summed E-state index contributed by atoms with van der Waals surface area (Å²) in [6, 6.07) is 18.4. The zero-order valence-electron chi connectivity index (χ0n) is 12.6. The molecular formula is C19H14Cl2O3. The van der Waals surface area contributed by atoms with Crippen LogP contribution in [-0.2, 0) is 11.2 Å². The van der Waals surface area contributed by atoms with Gasteiger partial charge in [-0.15, -0.1) is 0 Å². The lowest BCUT2D eigenvalue weighted by Crippen LogP contribution is -2.29. The first-order valence-corrected chi connectivity index (χ1v) is 8.12. The molecule has 0 aliphatic rings. The highest BCUT2D eigenvalue weighted by Crippen LogP contribution is 2.29. The summed E-state index contributed by atoms with van der Waals surface area (Å²) in [6.07, 6.45) is -0.940. The van der Waals surface area contributed by atoms with Gasteiger partial charge in [-0.2, -0.15) is 0 Å². The maximum absolute atomic E-state index is 11.6. The van der Waals surface area contributed by atoms with Gasteiger partial charge < -0.3 is 9.84 Å². The van der Waals surface area contributed by atoms with Crippen LogP contribution >= 0.6 is 23.2 Å². The summed E-state index contributed by atoms with van der Waals surface area (Å²) >= 11 is 12.2. The van der Waals surface area contributed by atoms with Crippen LogP contribution < -0.4 is 4.74 Å². The van der Waals surface area contributed by atoms with Gasteiger partial charge in [0.1, 0.15) is 5.75 Å². The second-order valence-electron chi connectivity index (χ2n) is 5.34. The van der Waals surface area contributed by atoms with Gasteiger partial charge in [-0.3, -0.25) is 0 Å². The second-order valence-corrected chi connectivity index (χ2v) is 6.12. The van der Waals surface area contributed by atoms with Gasteiger partial charge in [-0.05, 0) is 23.1 Å². The molecule has 0 fully saturated rings. The Hall–Kier alpha value is -2.23. The first-order valence-electron chi connectivity index (χ1n) is 7.36. The predicted molar refractivity (Wildman–Crippen MR) is 96.2 cm³/mol. The molecule has 0 aromatic heterocycles. The van der Waals surface area contributed by atoms with Crippen LogP contribution in [0.25, 0.3) is 10.8 Å². The fourth-order valence-electron chi connectivity index (χ4n) is 2.54. The molecule has 1 N–H and O–H groups in total. The van der Waals surface area contributed by atoms with Gasteiger partial charge in [0.15, 0.2) is 6.10 Å². The molecule has 0 bridgehead atoms. The van der Waals surface area contributed by atoms with Crippen LogP contribution in [0.2, 0.25) is 10.0 Å². The molecule has 3 aromatic carbocycles. The first-order chi connectivity index (χ1) is 11.6. The van der Waals surface area contributed by atoms with E-state index in [-0.39, 0.29) is 6.42 Å². The maximum Gasteiger partial charge on any atom is 0.345 e. The van der Waals surface area contributed by atoms with E-state index in [1.807, 2.05) is 36.4 Å². The van der Waals surface area contributed by atoms with E-state index in [0.717, 1.165) is 10.8 Å². The quantitative estimate of drug-likeness (QED) is 0.678. The van der Waals surface area contributed by atoms with Crippen molar-refractivity contribution in [1.82, 2.24) is 0 Å². The lowest BCUT2D eigenvalue weighted by molar-refractivity contribution is -0.144. The van der Waals surface area contributed by atoms with Crippen LogP contribution in [0.15, 0.2) is 60.7 Å². The number of hydrogen-bond acceptors (Lipinski definition) is 2. The van der Waals surface area contributed by atoms with Crippen LogP contribution in [-0.4, -0.2) is 17.2 Å². The third-order valence-corrected chi connectivity index (χ3v) is 4.59. The molecule has 0 amide bonds. The minimum atomic E-state index is -1.06. The molecule has 3 aromatic rings. The van der Waals surface area contributed by atoms with Crippen molar-refractivity contribution in [2.24, 2.45) is 0 Å². The normalized spacial score (nSPS) is 12.1. The molecule has 122 valence electrons. The number of carboxylic acid groups (broad SMARTS) is 1. The molecular weight excluding hydrogens is 347 g/mol. The van der Waals surface area contributed by atoms with Crippen molar-refractivity contribution < 1.29 is 14.6 Å². The van der Waals surface area contributed by atoms with Crippen molar-refractivity contribution in [1.29, 1.82) is 0 Å². The Morgan fingerprint density at radius 2 is 1.71 bits per heavy atom. The molecule has 3 rings (SSSR count). The van der Waals surface area contributed by atoms with Gasteiger partial charge in [-0.25, -0.2) is 4.79 Å². The Kier molecular flexibility index (Phi) is 4.93. The highest BCUT2D eigenvalue weighted by molar-refractivity contribution is 6.42. The smallest absolute Gasteiger partial charge is 0.345 e. The summed E-state index contributed by atoms with van der Waals surface area (Å²) in [7, 11) is 0. The number of halogens is 2. The van der Waals surface area contributed by atoms with Crippen molar-refractivity contribution in [3.8, 4) is 5.75 Å². The number of fused-ring (bicyclic) bond motifs is 1. The summed E-state index contributed by atoms with van der Waals surface area (Å²) < 4.78 is 5.79. The zero-order valence-corrected chi connectivity index (χ0v) is 14.1. The lowest BCUT2D eigenvalue weighted by Gasteiger charge is -2.17. The predicted octanol–water partition coefficient (Wildman–Crippen LogP) is 5.22. The summed E-state index contributed by atoms with van der Waals surface area (Å²) in [5, 5.41) is 12.1. The van der Waals surface area contributed by atoms with Crippen molar-refractivity contribution in [2.45, 2.75) is 12.5 Å². The van der Waals surface area contributed by atoms with Crippen molar-refractivity contribution in [3.63, 3.8) is 0 Å². The van der Waals surface area contributed by atoms with Crippen molar-refractivity contribution in [3.05, 3.63) is 76.3 Å². The minimum Gasteiger partial charge on any atom is -0.478 e. The summed E-state index contributed by atoms with van der Waals surface area (Å²) in [5.41, 5.74) is 0.636. The Bertz CT molecular complexity index is 887. The fraction of sp³-hybridized carbons (Fsp3) is 0.105. The van der Waals surface area contributed by atoms with E-state index in [1.54, 1.807) is 24.3 Å². The maximum atomic E-state index is 11.6. The number of aliphatic carboxylic acids is 1.